The van der Waals surface area contributed by atoms with Gasteiger partial charge in [0.05, 0.1) is 4.90 Å². The molecular weight excluding hydrogens is 478 g/mol. The van der Waals surface area contributed by atoms with E-state index in [9.17, 15) is 18.0 Å². The maximum atomic E-state index is 13.3. The maximum absolute atomic E-state index is 13.3. The Balaban J connectivity index is 1.69. The largest absolute Gasteiger partial charge is 0.444 e. The molecule has 1 aliphatic heterocycles. The normalized spacial score (nSPS) is 14.5. The molecule has 2 aromatic rings. The third-order valence-electron chi connectivity index (χ3n) is 5.99. The third kappa shape index (κ3) is 7.22. The van der Waals surface area contributed by atoms with Crippen LogP contribution in [0, 0.1) is 6.92 Å². The van der Waals surface area contributed by atoms with Gasteiger partial charge in [-0.25, -0.2) is 13.2 Å². The minimum Gasteiger partial charge on any atom is -0.444 e. The first-order chi connectivity index (χ1) is 16.9. The molecule has 3 rings (SSSR count). The maximum Gasteiger partial charge on any atom is 0.410 e. The number of ether oxygens (including phenoxy) is 1. The fraction of sp³-hybridized carbons (Fsp3) is 0.481. The second kappa shape index (κ2) is 11.3. The molecule has 1 saturated heterocycles. The SMILES string of the molecule is CCCCc1ccc(NS(=O)(=O)c2ccc(C)c(C(=O)N3CCN(C(=O)OC(C)(C)C)CC3)c2)cc1. The van der Waals surface area contributed by atoms with Gasteiger partial charge in [0, 0.05) is 37.4 Å². The number of nitrogens with one attached hydrogen (secondary N) is 1. The van der Waals surface area contributed by atoms with Crippen molar-refractivity contribution in [2.75, 3.05) is 30.9 Å². The molecule has 1 heterocycles. The fourth-order valence-corrected chi connectivity index (χ4v) is 5.01. The van der Waals surface area contributed by atoms with Gasteiger partial charge >= 0.3 is 6.09 Å². The number of hydrogen-bond acceptors (Lipinski definition) is 5. The topological polar surface area (TPSA) is 96.0 Å². The molecule has 0 bridgehead atoms. The van der Waals surface area contributed by atoms with Gasteiger partial charge in [-0.3, -0.25) is 9.52 Å². The van der Waals surface area contributed by atoms with Crippen LogP contribution in [-0.2, 0) is 21.2 Å². The lowest BCUT2D eigenvalue weighted by Crippen LogP contribution is -2.51. The average molecular weight is 516 g/mol. The Bertz CT molecular complexity index is 1180. The summed E-state index contributed by atoms with van der Waals surface area (Å²) in [5, 5.41) is 0. The molecule has 36 heavy (non-hydrogen) atoms. The van der Waals surface area contributed by atoms with E-state index in [4.69, 9.17) is 4.74 Å². The highest BCUT2D eigenvalue weighted by Gasteiger charge is 2.29. The molecule has 0 unspecified atom stereocenters. The number of aryl methyl sites for hydroxylation is 2. The number of amides is 2. The zero-order valence-corrected chi connectivity index (χ0v) is 22.7. The number of unbranched alkanes of at least 4 members (excludes halogenated alkanes) is 1. The highest BCUT2D eigenvalue weighted by molar-refractivity contribution is 7.92. The van der Waals surface area contributed by atoms with E-state index in [0.29, 0.717) is 43.0 Å². The van der Waals surface area contributed by atoms with Crippen LogP contribution in [0.2, 0.25) is 0 Å². The van der Waals surface area contributed by atoms with Gasteiger partial charge < -0.3 is 14.5 Å². The van der Waals surface area contributed by atoms with Crippen molar-refractivity contribution in [1.29, 1.82) is 0 Å². The van der Waals surface area contributed by atoms with Crippen LogP contribution in [0.1, 0.15) is 62.0 Å². The molecule has 9 heteroatoms. The van der Waals surface area contributed by atoms with Crippen molar-refractivity contribution in [2.24, 2.45) is 0 Å². The number of sulfonamides is 1. The summed E-state index contributed by atoms with van der Waals surface area (Å²) in [4.78, 5) is 28.8. The smallest absolute Gasteiger partial charge is 0.410 e. The second-order valence-electron chi connectivity index (χ2n) is 10.1. The molecule has 0 aliphatic carbocycles. The van der Waals surface area contributed by atoms with Crippen molar-refractivity contribution < 1.29 is 22.7 Å². The Labute approximate surface area is 214 Å². The van der Waals surface area contributed by atoms with E-state index in [-0.39, 0.29) is 10.8 Å². The summed E-state index contributed by atoms with van der Waals surface area (Å²) in [6.07, 6.45) is 2.74. The first-order valence-electron chi connectivity index (χ1n) is 12.4. The minimum absolute atomic E-state index is 0.0268. The molecule has 0 spiro atoms. The van der Waals surface area contributed by atoms with Gasteiger partial charge in [-0.15, -0.1) is 0 Å². The first-order valence-corrected chi connectivity index (χ1v) is 13.9. The zero-order chi connectivity index (χ0) is 26.5. The molecule has 1 N–H and O–H groups in total. The van der Waals surface area contributed by atoms with Gasteiger partial charge in [0.2, 0.25) is 0 Å². The van der Waals surface area contributed by atoms with Crippen LogP contribution >= 0.6 is 0 Å². The molecule has 0 saturated carbocycles. The quantitative estimate of drug-likeness (QED) is 0.570. The van der Waals surface area contributed by atoms with E-state index in [1.807, 2.05) is 32.9 Å². The molecule has 8 nitrogen and oxygen atoms in total. The number of hydrogen-bond donors (Lipinski definition) is 1. The Morgan fingerprint density at radius 1 is 0.972 bits per heavy atom. The summed E-state index contributed by atoms with van der Waals surface area (Å²) in [5.74, 6) is -0.256. The van der Waals surface area contributed by atoms with Crippen LogP contribution < -0.4 is 4.72 Å². The lowest BCUT2D eigenvalue weighted by molar-refractivity contribution is 0.0140. The van der Waals surface area contributed by atoms with Gasteiger partial charge in [0.25, 0.3) is 15.9 Å². The summed E-state index contributed by atoms with van der Waals surface area (Å²) in [6.45, 7) is 10.7. The lowest BCUT2D eigenvalue weighted by Gasteiger charge is -2.35. The highest BCUT2D eigenvalue weighted by atomic mass is 32.2. The number of carbonyl (C=O) groups is 2. The van der Waals surface area contributed by atoms with Crippen molar-refractivity contribution in [2.45, 2.75) is 64.4 Å². The number of benzene rings is 2. The van der Waals surface area contributed by atoms with Crippen molar-refractivity contribution >= 4 is 27.7 Å². The molecular formula is C27H37N3O5S. The molecule has 1 fully saturated rings. The van der Waals surface area contributed by atoms with Crippen molar-refractivity contribution in [3.63, 3.8) is 0 Å². The fourth-order valence-electron chi connectivity index (χ4n) is 3.92. The van der Waals surface area contributed by atoms with Crippen molar-refractivity contribution in [3.05, 3.63) is 59.2 Å². The number of nitrogens with zero attached hydrogens (tertiary/aromatic N) is 2. The average Bonchev–Trinajstić information content (AvgIpc) is 2.82. The standard InChI is InChI=1S/C27H37N3O5S/c1-6-7-8-21-10-12-22(13-11-21)28-36(33,34)23-14-9-20(2)24(19-23)25(31)29-15-17-30(18-16-29)26(32)35-27(3,4)5/h9-14,19,28H,6-8,15-18H2,1-5H3. The van der Waals surface area contributed by atoms with E-state index < -0.39 is 21.7 Å². The Hall–Kier alpha value is -3.07. The van der Waals surface area contributed by atoms with Crippen LogP contribution in [-0.4, -0.2) is 62.0 Å². The number of carbonyl (C=O) groups excluding carboxylic acids is 2. The van der Waals surface area contributed by atoms with Gasteiger partial charge in [-0.05, 0) is 75.9 Å². The summed E-state index contributed by atoms with van der Waals surface area (Å²) < 4.78 is 34.1. The summed E-state index contributed by atoms with van der Waals surface area (Å²) >= 11 is 0. The minimum atomic E-state index is -3.87. The summed E-state index contributed by atoms with van der Waals surface area (Å²) in [5.41, 5.74) is 2.07. The van der Waals surface area contributed by atoms with Crippen LogP contribution in [0.3, 0.4) is 0 Å². The van der Waals surface area contributed by atoms with Crippen LogP contribution in [0.15, 0.2) is 47.4 Å². The van der Waals surface area contributed by atoms with Crippen LogP contribution in [0.4, 0.5) is 10.5 Å². The molecule has 1 aliphatic rings. The number of piperazine rings is 1. The monoisotopic (exact) mass is 515 g/mol. The Morgan fingerprint density at radius 3 is 2.17 bits per heavy atom. The van der Waals surface area contributed by atoms with Gasteiger partial charge in [0.15, 0.2) is 0 Å². The third-order valence-corrected chi connectivity index (χ3v) is 7.37. The first kappa shape index (κ1) is 27.5. The molecule has 2 aromatic carbocycles. The Kier molecular flexibility index (Phi) is 8.66. The van der Waals surface area contributed by atoms with Gasteiger partial charge in [-0.2, -0.15) is 0 Å². The number of rotatable bonds is 7. The summed E-state index contributed by atoms with van der Waals surface area (Å²) in [6, 6.07) is 11.9. The van der Waals surface area contributed by atoms with E-state index >= 15 is 0 Å². The van der Waals surface area contributed by atoms with E-state index in [2.05, 4.69) is 11.6 Å². The van der Waals surface area contributed by atoms with Gasteiger partial charge in [0.1, 0.15) is 5.60 Å². The predicted octanol–water partition coefficient (Wildman–Crippen LogP) is 4.83. The molecule has 0 atom stereocenters. The van der Waals surface area contributed by atoms with E-state index in [1.165, 1.54) is 12.1 Å². The number of anilines is 1. The zero-order valence-electron chi connectivity index (χ0n) is 21.8. The predicted molar refractivity (Wildman–Crippen MR) is 141 cm³/mol. The Morgan fingerprint density at radius 2 is 1.58 bits per heavy atom. The van der Waals surface area contributed by atoms with Crippen molar-refractivity contribution in [3.8, 4) is 0 Å². The molecule has 0 radical (unpaired) electrons. The van der Waals surface area contributed by atoms with Crippen molar-refractivity contribution in [1.82, 2.24) is 9.80 Å². The summed E-state index contributed by atoms with van der Waals surface area (Å²) in [7, 11) is -3.87. The van der Waals surface area contributed by atoms with Crippen LogP contribution in [0.5, 0.6) is 0 Å². The molecule has 2 amide bonds. The highest BCUT2D eigenvalue weighted by Crippen LogP contribution is 2.22. The van der Waals surface area contributed by atoms with E-state index in [1.54, 1.807) is 34.9 Å². The lowest BCUT2D eigenvalue weighted by atomic mass is 10.1. The molecule has 0 aromatic heterocycles. The second-order valence-corrected chi connectivity index (χ2v) is 11.8. The van der Waals surface area contributed by atoms with Gasteiger partial charge in [-0.1, -0.05) is 31.5 Å². The van der Waals surface area contributed by atoms with E-state index in [0.717, 1.165) is 24.8 Å². The van der Waals surface area contributed by atoms with Crippen LogP contribution in [0.25, 0.3) is 0 Å². The molecule has 196 valence electrons.